The molecule has 0 saturated carbocycles. The highest BCUT2D eigenvalue weighted by molar-refractivity contribution is 6.33. The highest BCUT2D eigenvalue weighted by Gasteiger charge is 2.15. The lowest BCUT2D eigenvalue weighted by Gasteiger charge is -2.14. The zero-order chi connectivity index (χ0) is 13.7. The van der Waals surface area contributed by atoms with Crippen molar-refractivity contribution in [3.8, 4) is 0 Å². The summed E-state index contributed by atoms with van der Waals surface area (Å²) in [4.78, 5) is 10.2. The number of ether oxygens (including phenoxy) is 1. The van der Waals surface area contributed by atoms with Crippen LogP contribution in [-0.4, -0.2) is 25.2 Å². The molecule has 1 rings (SSSR count). The van der Waals surface area contributed by atoms with Gasteiger partial charge in [-0.2, -0.15) is 0 Å². The van der Waals surface area contributed by atoms with Gasteiger partial charge in [0.2, 0.25) is 0 Å². The minimum atomic E-state index is -0.480. The Morgan fingerprint density at radius 1 is 1.56 bits per heavy atom. The van der Waals surface area contributed by atoms with Crippen LogP contribution in [-0.2, 0) is 4.74 Å². The lowest BCUT2D eigenvalue weighted by Crippen LogP contribution is -2.16. The van der Waals surface area contributed by atoms with Gasteiger partial charge in [-0.05, 0) is 24.5 Å². The normalized spacial score (nSPS) is 12.2. The largest absolute Gasteiger partial charge is 0.384 e. The van der Waals surface area contributed by atoms with Crippen LogP contribution in [0.3, 0.4) is 0 Å². The number of nitro benzene ring substituents is 1. The molecule has 0 aromatic heterocycles. The SMILES string of the molecule is COCC(C)CNc1cc(Cl)c([N+](=O)[O-])cc1C. The van der Waals surface area contributed by atoms with Crippen molar-refractivity contribution in [3.63, 3.8) is 0 Å². The second kappa shape index (κ2) is 6.56. The molecule has 0 spiro atoms. The number of benzene rings is 1. The van der Waals surface area contributed by atoms with Gasteiger partial charge in [0, 0.05) is 25.4 Å². The number of hydrogen-bond donors (Lipinski definition) is 1. The van der Waals surface area contributed by atoms with Crippen LogP contribution < -0.4 is 5.32 Å². The van der Waals surface area contributed by atoms with Gasteiger partial charge in [0.15, 0.2) is 0 Å². The number of methoxy groups -OCH3 is 1. The molecule has 0 aliphatic carbocycles. The van der Waals surface area contributed by atoms with E-state index in [1.807, 2.05) is 6.92 Å². The maximum atomic E-state index is 10.7. The van der Waals surface area contributed by atoms with Crippen molar-refractivity contribution in [2.24, 2.45) is 5.92 Å². The van der Waals surface area contributed by atoms with Crippen LogP contribution in [0.4, 0.5) is 11.4 Å². The Morgan fingerprint density at radius 3 is 2.78 bits per heavy atom. The second-order valence-electron chi connectivity index (χ2n) is 4.32. The van der Waals surface area contributed by atoms with E-state index in [1.165, 1.54) is 6.07 Å². The molecular weight excluding hydrogens is 256 g/mol. The minimum absolute atomic E-state index is 0.0651. The highest BCUT2D eigenvalue weighted by Crippen LogP contribution is 2.30. The number of nitro groups is 1. The van der Waals surface area contributed by atoms with Crippen molar-refractivity contribution >= 4 is 23.0 Å². The lowest BCUT2D eigenvalue weighted by atomic mass is 10.1. The molecule has 6 heteroatoms. The third kappa shape index (κ3) is 3.85. The summed E-state index contributed by atoms with van der Waals surface area (Å²) < 4.78 is 5.04. The predicted molar refractivity (Wildman–Crippen MR) is 72.4 cm³/mol. The molecule has 1 unspecified atom stereocenters. The number of halogens is 1. The molecule has 1 N–H and O–H groups in total. The number of aryl methyl sites for hydroxylation is 1. The molecule has 100 valence electrons. The first-order chi connectivity index (χ1) is 8.45. The van der Waals surface area contributed by atoms with E-state index in [-0.39, 0.29) is 10.7 Å². The number of hydrogen-bond acceptors (Lipinski definition) is 4. The van der Waals surface area contributed by atoms with Crippen LogP contribution in [0, 0.1) is 23.0 Å². The Hall–Kier alpha value is -1.33. The molecule has 0 amide bonds. The molecule has 0 saturated heterocycles. The van der Waals surface area contributed by atoms with E-state index in [0.717, 1.165) is 17.8 Å². The van der Waals surface area contributed by atoms with Gasteiger partial charge in [-0.3, -0.25) is 10.1 Å². The van der Waals surface area contributed by atoms with E-state index in [2.05, 4.69) is 12.2 Å². The van der Waals surface area contributed by atoms with Crippen LogP contribution >= 0.6 is 11.6 Å². The molecule has 0 aliphatic rings. The van der Waals surface area contributed by atoms with Crippen molar-refractivity contribution in [2.45, 2.75) is 13.8 Å². The van der Waals surface area contributed by atoms with Crippen LogP contribution in [0.5, 0.6) is 0 Å². The molecule has 0 radical (unpaired) electrons. The Kier molecular flexibility index (Phi) is 5.37. The molecule has 0 bridgehead atoms. The smallest absolute Gasteiger partial charge is 0.288 e. The van der Waals surface area contributed by atoms with Gasteiger partial charge in [0.25, 0.3) is 5.69 Å². The van der Waals surface area contributed by atoms with Crippen LogP contribution in [0.1, 0.15) is 12.5 Å². The maximum absolute atomic E-state index is 10.7. The number of anilines is 1. The van der Waals surface area contributed by atoms with E-state index >= 15 is 0 Å². The van der Waals surface area contributed by atoms with E-state index in [9.17, 15) is 10.1 Å². The van der Waals surface area contributed by atoms with Gasteiger partial charge in [0.1, 0.15) is 5.02 Å². The Morgan fingerprint density at radius 2 is 2.22 bits per heavy atom. The molecule has 0 aliphatic heterocycles. The van der Waals surface area contributed by atoms with Crippen LogP contribution in [0.25, 0.3) is 0 Å². The molecule has 18 heavy (non-hydrogen) atoms. The third-order valence-corrected chi connectivity index (χ3v) is 2.89. The number of nitrogens with one attached hydrogen (secondary N) is 1. The fourth-order valence-corrected chi connectivity index (χ4v) is 1.86. The molecule has 0 heterocycles. The summed E-state index contributed by atoms with van der Waals surface area (Å²) >= 11 is 5.87. The van der Waals surface area contributed by atoms with Crippen molar-refractivity contribution in [3.05, 3.63) is 32.8 Å². The van der Waals surface area contributed by atoms with Crippen molar-refractivity contribution in [1.29, 1.82) is 0 Å². The summed E-state index contributed by atoms with van der Waals surface area (Å²) in [6.45, 7) is 5.25. The number of nitrogens with zero attached hydrogens (tertiary/aromatic N) is 1. The summed E-state index contributed by atoms with van der Waals surface area (Å²) in [7, 11) is 1.66. The van der Waals surface area contributed by atoms with Gasteiger partial charge in [-0.25, -0.2) is 0 Å². The molecule has 1 atom stereocenters. The molecular formula is C12H17ClN2O3. The average molecular weight is 273 g/mol. The summed E-state index contributed by atoms with van der Waals surface area (Å²) in [6.07, 6.45) is 0. The van der Waals surface area contributed by atoms with E-state index in [4.69, 9.17) is 16.3 Å². The molecule has 1 aromatic carbocycles. The summed E-state index contributed by atoms with van der Waals surface area (Å²) in [5.74, 6) is 0.350. The quantitative estimate of drug-likeness (QED) is 0.638. The summed E-state index contributed by atoms with van der Waals surface area (Å²) in [5.41, 5.74) is 1.55. The first-order valence-corrected chi connectivity index (χ1v) is 6.00. The van der Waals surface area contributed by atoms with Crippen molar-refractivity contribution in [2.75, 3.05) is 25.6 Å². The second-order valence-corrected chi connectivity index (χ2v) is 4.72. The van der Waals surface area contributed by atoms with Gasteiger partial charge in [0.05, 0.1) is 11.5 Å². The fourth-order valence-electron chi connectivity index (χ4n) is 1.62. The van der Waals surface area contributed by atoms with Crippen molar-refractivity contribution < 1.29 is 9.66 Å². The molecule has 0 fully saturated rings. The van der Waals surface area contributed by atoms with Gasteiger partial charge < -0.3 is 10.1 Å². The zero-order valence-corrected chi connectivity index (χ0v) is 11.5. The summed E-state index contributed by atoms with van der Waals surface area (Å²) in [6, 6.07) is 3.07. The first kappa shape index (κ1) is 14.7. The van der Waals surface area contributed by atoms with E-state index in [1.54, 1.807) is 13.2 Å². The lowest BCUT2D eigenvalue weighted by molar-refractivity contribution is -0.384. The maximum Gasteiger partial charge on any atom is 0.288 e. The van der Waals surface area contributed by atoms with Crippen LogP contribution in [0.15, 0.2) is 12.1 Å². The van der Waals surface area contributed by atoms with Gasteiger partial charge in [-0.1, -0.05) is 18.5 Å². The van der Waals surface area contributed by atoms with E-state index in [0.29, 0.717) is 12.5 Å². The zero-order valence-electron chi connectivity index (χ0n) is 10.7. The standard InChI is InChI=1S/C12H17ClN2O3/c1-8(7-18-3)6-14-11-5-10(13)12(15(16)17)4-9(11)2/h4-5,8,14H,6-7H2,1-3H3. The average Bonchev–Trinajstić information content (AvgIpc) is 2.29. The Balaban J connectivity index is 2.79. The third-order valence-electron chi connectivity index (χ3n) is 2.58. The Labute approximate surface area is 111 Å². The van der Waals surface area contributed by atoms with Gasteiger partial charge in [-0.15, -0.1) is 0 Å². The number of rotatable bonds is 6. The van der Waals surface area contributed by atoms with Gasteiger partial charge >= 0.3 is 0 Å². The first-order valence-electron chi connectivity index (χ1n) is 5.63. The highest BCUT2D eigenvalue weighted by atomic mass is 35.5. The predicted octanol–water partition coefficient (Wildman–Crippen LogP) is 3.25. The van der Waals surface area contributed by atoms with Crippen LogP contribution in [0.2, 0.25) is 5.02 Å². The van der Waals surface area contributed by atoms with E-state index < -0.39 is 4.92 Å². The topological polar surface area (TPSA) is 64.4 Å². The summed E-state index contributed by atoms with van der Waals surface area (Å²) in [5, 5.41) is 14.1. The molecule has 1 aromatic rings. The molecule has 5 nitrogen and oxygen atoms in total. The minimum Gasteiger partial charge on any atom is -0.384 e. The monoisotopic (exact) mass is 272 g/mol. The van der Waals surface area contributed by atoms with Crippen molar-refractivity contribution in [1.82, 2.24) is 0 Å². The Bertz CT molecular complexity index is 438. The fraction of sp³-hybridized carbons (Fsp3) is 0.500.